The molecule has 0 aliphatic heterocycles. The molecule has 0 bridgehead atoms. The first-order valence-corrected chi connectivity index (χ1v) is 12.4. The van der Waals surface area contributed by atoms with Gasteiger partial charge in [0.25, 0.3) is 5.69 Å². The monoisotopic (exact) mass is 490 g/mol. The molecule has 10 nitrogen and oxygen atoms in total. The summed E-state index contributed by atoms with van der Waals surface area (Å²) < 4.78 is 25.9. The van der Waals surface area contributed by atoms with Crippen molar-refractivity contribution in [1.82, 2.24) is 10.2 Å². The molecule has 0 spiro atoms. The lowest BCUT2D eigenvalue weighted by Crippen LogP contribution is -2.54. The smallest absolute Gasteiger partial charge is 0.271 e. The Morgan fingerprint density at radius 1 is 1.09 bits per heavy atom. The zero-order valence-electron chi connectivity index (χ0n) is 19.9. The maximum Gasteiger partial charge on any atom is 0.271 e. The van der Waals surface area contributed by atoms with Gasteiger partial charge in [0.15, 0.2) is 0 Å². The van der Waals surface area contributed by atoms with Gasteiger partial charge in [-0.15, -0.1) is 0 Å². The first-order chi connectivity index (χ1) is 15.7. The van der Waals surface area contributed by atoms with E-state index in [1.807, 2.05) is 26.8 Å². The zero-order chi connectivity index (χ0) is 25.7. The maximum absolute atomic E-state index is 13.4. The summed E-state index contributed by atoms with van der Waals surface area (Å²) in [6.45, 7) is 6.46. The molecule has 2 aromatic carbocycles. The number of nitrogens with zero attached hydrogens (tertiary/aromatic N) is 3. The number of hydrogen-bond donors (Lipinski definition) is 1. The second-order valence-corrected chi connectivity index (χ2v) is 10.9. The van der Waals surface area contributed by atoms with Gasteiger partial charge in [0.1, 0.15) is 12.6 Å². The Labute approximate surface area is 199 Å². The van der Waals surface area contributed by atoms with Crippen LogP contribution in [-0.4, -0.2) is 54.4 Å². The predicted octanol–water partition coefficient (Wildman–Crippen LogP) is 2.69. The molecule has 1 atom stereocenters. The molecule has 184 valence electrons. The number of rotatable bonds is 9. The van der Waals surface area contributed by atoms with Crippen molar-refractivity contribution >= 4 is 33.2 Å². The van der Waals surface area contributed by atoms with Crippen molar-refractivity contribution in [2.45, 2.75) is 45.8 Å². The van der Waals surface area contributed by atoms with Gasteiger partial charge in [-0.2, -0.15) is 0 Å². The minimum absolute atomic E-state index is 0.0171. The van der Waals surface area contributed by atoms with Gasteiger partial charge < -0.3 is 10.2 Å². The zero-order valence-corrected chi connectivity index (χ0v) is 20.7. The molecule has 0 aliphatic rings. The number of non-ortho nitro benzene ring substituents is 1. The Balaban J connectivity index is 2.42. The van der Waals surface area contributed by atoms with Crippen LogP contribution in [0.4, 0.5) is 11.4 Å². The lowest BCUT2D eigenvalue weighted by atomic mass is 10.1. The fraction of sp³-hybridized carbons (Fsp3) is 0.391. The standard InChI is InChI=1S/C23H30N4O6S/c1-17(22(29)24-23(2,3)4)25(15-18-10-7-6-8-11-18)21(28)16-26(34(5,32)33)19-12-9-13-20(14-19)27(30)31/h6-14,17H,15-16H2,1-5H3,(H,24,29)/t17-/m1/s1. The molecule has 0 saturated heterocycles. The third-order valence-electron chi connectivity index (χ3n) is 4.87. The summed E-state index contributed by atoms with van der Waals surface area (Å²) in [7, 11) is -3.97. The number of carbonyl (C=O) groups is 2. The van der Waals surface area contributed by atoms with E-state index in [1.54, 1.807) is 31.2 Å². The third kappa shape index (κ3) is 7.55. The normalized spacial score (nSPS) is 12.5. The van der Waals surface area contributed by atoms with Gasteiger partial charge in [0.2, 0.25) is 21.8 Å². The minimum atomic E-state index is -3.97. The predicted molar refractivity (Wildman–Crippen MR) is 130 cm³/mol. The molecule has 0 radical (unpaired) electrons. The largest absolute Gasteiger partial charge is 0.350 e. The van der Waals surface area contributed by atoms with E-state index < -0.39 is 44.9 Å². The molecule has 11 heteroatoms. The van der Waals surface area contributed by atoms with Crippen molar-refractivity contribution in [2.75, 3.05) is 17.1 Å². The Morgan fingerprint density at radius 2 is 1.71 bits per heavy atom. The molecule has 34 heavy (non-hydrogen) atoms. The number of nitro groups is 1. The van der Waals surface area contributed by atoms with Crippen molar-refractivity contribution in [1.29, 1.82) is 0 Å². The lowest BCUT2D eigenvalue weighted by Gasteiger charge is -2.33. The molecule has 0 unspecified atom stereocenters. The van der Waals surface area contributed by atoms with Crippen molar-refractivity contribution in [3.8, 4) is 0 Å². The van der Waals surface area contributed by atoms with Crippen LogP contribution in [0.15, 0.2) is 54.6 Å². The fourth-order valence-electron chi connectivity index (χ4n) is 3.21. The van der Waals surface area contributed by atoms with Crippen LogP contribution in [0.5, 0.6) is 0 Å². The Morgan fingerprint density at radius 3 is 2.24 bits per heavy atom. The first kappa shape index (κ1) is 26.8. The lowest BCUT2D eigenvalue weighted by molar-refractivity contribution is -0.384. The molecule has 1 N–H and O–H groups in total. The second kappa shape index (κ2) is 10.6. The molecule has 0 fully saturated rings. The molecule has 2 rings (SSSR count). The van der Waals surface area contributed by atoms with Crippen molar-refractivity contribution in [3.63, 3.8) is 0 Å². The highest BCUT2D eigenvalue weighted by Crippen LogP contribution is 2.24. The van der Waals surface area contributed by atoms with E-state index in [0.29, 0.717) is 0 Å². The van der Waals surface area contributed by atoms with Crippen LogP contribution in [0, 0.1) is 10.1 Å². The van der Waals surface area contributed by atoms with Crippen LogP contribution in [0.3, 0.4) is 0 Å². The summed E-state index contributed by atoms with van der Waals surface area (Å²) >= 11 is 0. The van der Waals surface area contributed by atoms with E-state index >= 15 is 0 Å². The van der Waals surface area contributed by atoms with E-state index in [2.05, 4.69) is 5.32 Å². The van der Waals surface area contributed by atoms with Gasteiger partial charge >= 0.3 is 0 Å². The number of nitrogens with one attached hydrogen (secondary N) is 1. The molecular formula is C23H30N4O6S. The summed E-state index contributed by atoms with van der Waals surface area (Å²) in [5, 5.41) is 14.0. The minimum Gasteiger partial charge on any atom is -0.350 e. The summed E-state index contributed by atoms with van der Waals surface area (Å²) in [5.74, 6) is -1.02. The average molecular weight is 491 g/mol. The third-order valence-corrected chi connectivity index (χ3v) is 6.01. The van der Waals surface area contributed by atoms with Crippen LogP contribution in [0.25, 0.3) is 0 Å². The quantitative estimate of drug-likeness (QED) is 0.425. The molecule has 2 amide bonds. The second-order valence-electron chi connectivity index (χ2n) is 8.97. The molecule has 0 saturated carbocycles. The van der Waals surface area contributed by atoms with Crippen LogP contribution < -0.4 is 9.62 Å². The Bertz CT molecular complexity index is 1150. The van der Waals surface area contributed by atoms with Gasteiger partial charge in [0.05, 0.1) is 16.9 Å². The Kier molecular flexibility index (Phi) is 8.38. The molecule has 0 heterocycles. The number of sulfonamides is 1. The van der Waals surface area contributed by atoms with E-state index in [-0.39, 0.29) is 17.9 Å². The summed E-state index contributed by atoms with van der Waals surface area (Å²) in [6, 6.07) is 13.1. The topological polar surface area (TPSA) is 130 Å². The van der Waals surface area contributed by atoms with Crippen LogP contribution in [0.1, 0.15) is 33.3 Å². The van der Waals surface area contributed by atoms with E-state index in [1.165, 1.54) is 23.1 Å². The van der Waals surface area contributed by atoms with Gasteiger partial charge in [-0.25, -0.2) is 8.42 Å². The SMILES string of the molecule is C[C@H](C(=O)NC(C)(C)C)N(Cc1ccccc1)C(=O)CN(c1cccc([N+](=O)[O-])c1)S(C)(=O)=O. The van der Waals surface area contributed by atoms with Crippen molar-refractivity contribution in [2.24, 2.45) is 0 Å². The van der Waals surface area contributed by atoms with E-state index in [0.717, 1.165) is 22.2 Å². The highest BCUT2D eigenvalue weighted by atomic mass is 32.2. The Hall–Kier alpha value is -3.47. The number of hydrogen-bond acceptors (Lipinski definition) is 6. The van der Waals surface area contributed by atoms with Gasteiger partial charge in [-0.3, -0.25) is 24.0 Å². The highest BCUT2D eigenvalue weighted by molar-refractivity contribution is 7.92. The van der Waals surface area contributed by atoms with Crippen molar-refractivity contribution < 1.29 is 22.9 Å². The van der Waals surface area contributed by atoms with Gasteiger partial charge in [-0.1, -0.05) is 36.4 Å². The number of carbonyl (C=O) groups excluding carboxylic acids is 2. The molecular weight excluding hydrogens is 460 g/mol. The van der Waals surface area contributed by atoms with Gasteiger partial charge in [0, 0.05) is 24.2 Å². The van der Waals surface area contributed by atoms with Crippen molar-refractivity contribution in [3.05, 3.63) is 70.3 Å². The summed E-state index contributed by atoms with van der Waals surface area (Å²) in [4.78, 5) is 38.1. The van der Waals surface area contributed by atoms with Crippen LogP contribution in [-0.2, 0) is 26.2 Å². The number of nitro benzene ring substituents is 1. The molecule has 0 aliphatic carbocycles. The first-order valence-electron chi connectivity index (χ1n) is 10.6. The highest BCUT2D eigenvalue weighted by Gasteiger charge is 2.31. The number of anilines is 1. The maximum atomic E-state index is 13.4. The fourth-order valence-corrected chi connectivity index (χ4v) is 4.05. The van der Waals surface area contributed by atoms with Crippen LogP contribution in [0.2, 0.25) is 0 Å². The molecule has 2 aromatic rings. The van der Waals surface area contributed by atoms with E-state index in [9.17, 15) is 28.1 Å². The number of benzene rings is 2. The number of amides is 2. The van der Waals surface area contributed by atoms with Gasteiger partial charge in [-0.05, 0) is 39.3 Å². The molecule has 0 aromatic heterocycles. The van der Waals surface area contributed by atoms with Crippen LogP contribution >= 0.6 is 0 Å². The van der Waals surface area contributed by atoms with E-state index in [4.69, 9.17) is 0 Å². The average Bonchev–Trinajstić information content (AvgIpc) is 2.74. The summed E-state index contributed by atoms with van der Waals surface area (Å²) in [6.07, 6.45) is 0.913. The summed E-state index contributed by atoms with van der Waals surface area (Å²) in [5.41, 5.74) is -0.101.